The number of nitrogens with zero attached hydrogens (tertiary/aromatic N) is 2. The number of aliphatic hydroxyl groups is 1. The van der Waals surface area contributed by atoms with Gasteiger partial charge in [0.25, 0.3) is 0 Å². The number of hydrogen-bond donors (Lipinski definition) is 3. The second kappa shape index (κ2) is 14.1. The quantitative estimate of drug-likeness (QED) is 0.338. The molecule has 0 aliphatic heterocycles. The molecule has 0 bridgehead atoms. The number of rotatable bonds is 14. The fraction of sp³-hybridized carbons (Fsp3) is 0.692. The third kappa shape index (κ3) is 11.8. The number of carbonyl (C=O) groups is 2. The van der Waals surface area contributed by atoms with Crippen LogP contribution >= 0.6 is 0 Å². The van der Waals surface area contributed by atoms with Gasteiger partial charge in [-0.2, -0.15) is 4.31 Å². The number of likely N-dealkylation sites (N-methyl/N-ethyl adjacent to an activating group) is 1. The van der Waals surface area contributed by atoms with Crippen LogP contribution < -0.4 is 10.6 Å². The molecule has 0 saturated heterocycles. The smallest absolute Gasteiger partial charge is 0.243 e. The normalized spacial score (nSPS) is 15.1. The predicted molar refractivity (Wildman–Crippen MR) is 144 cm³/mol. The minimum Gasteiger partial charge on any atom is -0.390 e. The van der Waals surface area contributed by atoms with Crippen LogP contribution in [-0.4, -0.2) is 92.7 Å². The van der Waals surface area contributed by atoms with Crippen molar-refractivity contribution < 1.29 is 23.1 Å². The number of hydrogen-bond acceptors (Lipinski definition) is 6. The molecule has 0 aliphatic rings. The minimum absolute atomic E-state index is 0.134. The third-order valence-electron chi connectivity index (χ3n) is 5.80. The molecule has 1 aromatic rings. The number of nitrogens with one attached hydrogen (secondary N) is 2. The molecule has 0 aliphatic carbocycles. The molecule has 3 atom stereocenters. The minimum atomic E-state index is -3.56. The van der Waals surface area contributed by atoms with Crippen molar-refractivity contribution in [3.05, 3.63) is 35.9 Å². The Kier molecular flexibility index (Phi) is 12.5. The van der Waals surface area contributed by atoms with Gasteiger partial charge in [-0.1, -0.05) is 65.0 Å². The Morgan fingerprint density at radius 2 is 1.64 bits per heavy atom. The monoisotopic (exact) mass is 526 g/mol. The van der Waals surface area contributed by atoms with Crippen molar-refractivity contribution in [2.75, 3.05) is 40.0 Å². The summed E-state index contributed by atoms with van der Waals surface area (Å²) in [5.41, 5.74) is 0.295. The van der Waals surface area contributed by atoms with Crippen LogP contribution in [0.2, 0.25) is 0 Å². The predicted octanol–water partition coefficient (Wildman–Crippen LogP) is 1.48. The summed E-state index contributed by atoms with van der Waals surface area (Å²) in [6, 6.07) is 7.77. The second-order valence-electron chi connectivity index (χ2n) is 11.3. The van der Waals surface area contributed by atoms with Crippen molar-refractivity contribution in [2.45, 2.75) is 65.6 Å². The van der Waals surface area contributed by atoms with Gasteiger partial charge >= 0.3 is 0 Å². The molecule has 0 fully saturated rings. The van der Waals surface area contributed by atoms with Gasteiger partial charge in [0.1, 0.15) is 6.04 Å². The Morgan fingerprint density at radius 1 is 1.06 bits per heavy atom. The van der Waals surface area contributed by atoms with Crippen LogP contribution in [0.4, 0.5) is 0 Å². The molecule has 0 radical (unpaired) electrons. The SMILES string of the molecule is CC(C)CCN(C[C@@H](O)[C@H](Cc1ccccc1)NC(=O)C(NC(=O)CN(C)C)C(C)(C)C)S(C)(=O)=O. The average Bonchev–Trinajstić information content (AvgIpc) is 2.72. The fourth-order valence-corrected chi connectivity index (χ4v) is 4.58. The summed E-state index contributed by atoms with van der Waals surface area (Å²) in [5.74, 6) is -0.417. The van der Waals surface area contributed by atoms with Crippen LogP contribution in [0.3, 0.4) is 0 Å². The molecule has 0 heterocycles. The van der Waals surface area contributed by atoms with Crippen LogP contribution in [0.25, 0.3) is 0 Å². The van der Waals surface area contributed by atoms with Crippen molar-refractivity contribution in [1.29, 1.82) is 0 Å². The van der Waals surface area contributed by atoms with Crippen LogP contribution in [-0.2, 0) is 26.0 Å². The first-order valence-corrected chi connectivity index (χ1v) is 14.3. The number of aliphatic hydroxyl groups excluding tert-OH is 1. The molecule has 1 aromatic carbocycles. The van der Waals surface area contributed by atoms with Crippen molar-refractivity contribution in [1.82, 2.24) is 19.8 Å². The Labute approximate surface area is 217 Å². The summed E-state index contributed by atoms with van der Waals surface area (Å²) < 4.78 is 26.1. The van der Waals surface area contributed by atoms with Crippen molar-refractivity contribution in [2.24, 2.45) is 11.3 Å². The van der Waals surface area contributed by atoms with Gasteiger partial charge in [0.05, 0.1) is 24.9 Å². The molecule has 0 aromatic heterocycles. The largest absolute Gasteiger partial charge is 0.390 e. The van der Waals surface area contributed by atoms with Crippen LogP contribution in [0.5, 0.6) is 0 Å². The average molecular weight is 527 g/mol. The topological polar surface area (TPSA) is 119 Å². The first-order chi connectivity index (χ1) is 16.5. The maximum Gasteiger partial charge on any atom is 0.243 e. The molecule has 3 N–H and O–H groups in total. The molecular weight excluding hydrogens is 480 g/mol. The van der Waals surface area contributed by atoms with E-state index in [0.717, 1.165) is 11.8 Å². The van der Waals surface area contributed by atoms with E-state index >= 15 is 0 Å². The summed E-state index contributed by atoms with van der Waals surface area (Å²) in [6.45, 7) is 9.85. The second-order valence-corrected chi connectivity index (χ2v) is 13.3. The summed E-state index contributed by atoms with van der Waals surface area (Å²) in [4.78, 5) is 27.6. The van der Waals surface area contributed by atoms with Gasteiger partial charge < -0.3 is 20.6 Å². The van der Waals surface area contributed by atoms with E-state index in [9.17, 15) is 23.1 Å². The Morgan fingerprint density at radius 3 is 2.11 bits per heavy atom. The van der Waals surface area contributed by atoms with E-state index in [1.165, 1.54) is 4.31 Å². The van der Waals surface area contributed by atoms with E-state index in [1.54, 1.807) is 19.0 Å². The molecule has 1 rings (SSSR count). The zero-order chi connectivity index (χ0) is 27.7. The lowest BCUT2D eigenvalue weighted by Gasteiger charge is -2.34. The van der Waals surface area contributed by atoms with Crippen LogP contribution in [0.1, 0.15) is 46.6 Å². The first-order valence-electron chi connectivity index (χ1n) is 12.4. The molecule has 0 saturated carbocycles. The van der Waals surface area contributed by atoms with E-state index in [-0.39, 0.29) is 25.5 Å². The van der Waals surface area contributed by atoms with Crippen LogP contribution in [0.15, 0.2) is 30.3 Å². The van der Waals surface area contributed by atoms with E-state index in [1.807, 2.05) is 65.0 Å². The van der Waals surface area contributed by atoms with Crippen molar-refractivity contribution >= 4 is 21.8 Å². The highest BCUT2D eigenvalue weighted by Gasteiger charge is 2.35. The molecule has 9 nitrogen and oxygen atoms in total. The standard InChI is InChI=1S/C26H46N4O5S/c1-19(2)14-15-30(36(8,34)35)17-22(31)21(16-20-12-10-9-11-13-20)27-25(33)24(26(3,4)5)28-23(32)18-29(6)7/h9-13,19,21-22,24,31H,14-18H2,1-8H3,(H,27,33)(H,28,32)/t21-,22+,24?/m0/s1. The van der Waals surface area contributed by atoms with Gasteiger partial charge in [0.2, 0.25) is 21.8 Å². The lowest BCUT2D eigenvalue weighted by Crippen LogP contribution is -2.59. The van der Waals surface area contributed by atoms with Crippen molar-refractivity contribution in [3.8, 4) is 0 Å². The summed E-state index contributed by atoms with van der Waals surface area (Å²) >= 11 is 0. The van der Waals surface area contributed by atoms with Gasteiger partial charge in [0, 0.05) is 13.1 Å². The molecule has 36 heavy (non-hydrogen) atoms. The lowest BCUT2D eigenvalue weighted by molar-refractivity contribution is -0.132. The maximum absolute atomic E-state index is 13.4. The molecule has 10 heteroatoms. The van der Waals surface area contributed by atoms with Gasteiger partial charge in [-0.15, -0.1) is 0 Å². The van der Waals surface area contributed by atoms with E-state index in [2.05, 4.69) is 10.6 Å². The Balaban J connectivity index is 3.19. The molecule has 0 spiro atoms. The van der Waals surface area contributed by atoms with Gasteiger partial charge in [-0.3, -0.25) is 9.59 Å². The molecule has 206 valence electrons. The van der Waals surface area contributed by atoms with E-state index in [4.69, 9.17) is 0 Å². The lowest BCUT2D eigenvalue weighted by atomic mass is 9.85. The summed E-state index contributed by atoms with van der Waals surface area (Å²) in [5, 5.41) is 16.9. The van der Waals surface area contributed by atoms with Gasteiger partial charge in [-0.25, -0.2) is 8.42 Å². The maximum atomic E-state index is 13.4. The zero-order valence-electron chi connectivity index (χ0n) is 23.1. The highest BCUT2D eigenvalue weighted by molar-refractivity contribution is 7.88. The first kappa shape index (κ1) is 32.0. The Hall–Kier alpha value is -2.01. The van der Waals surface area contributed by atoms with Gasteiger partial charge in [-0.05, 0) is 43.8 Å². The summed E-state index contributed by atoms with van der Waals surface area (Å²) in [6.07, 6.45) is 0.923. The number of sulfonamides is 1. The zero-order valence-corrected chi connectivity index (χ0v) is 23.9. The number of benzene rings is 1. The van der Waals surface area contributed by atoms with Crippen molar-refractivity contribution in [3.63, 3.8) is 0 Å². The molecular formula is C26H46N4O5S. The van der Waals surface area contributed by atoms with E-state index in [0.29, 0.717) is 18.8 Å². The summed E-state index contributed by atoms with van der Waals surface area (Å²) in [7, 11) is -0.0212. The van der Waals surface area contributed by atoms with Crippen LogP contribution in [0, 0.1) is 11.3 Å². The van der Waals surface area contributed by atoms with E-state index < -0.39 is 39.5 Å². The third-order valence-corrected chi connectivity index (χ3v) is 7.07. The molecule has 1 unspecified atom stereocenters. The number of amides is 2. The highest BCUT2D eigenvalue weighted by atomic mass is 32.2. The van der Waals surface area contributed by atoms with Gasteiger partial charge in [0.15, 0.2) is 0 Å². The fourth-order valence-electron chi connectivity index (χ4n) is 3.72. The Bertz CT molecular complexity index is 929. The highest BCUT2D eigenvalue weighted by Crippen LogP contribution is 2.20. The number of carbonyl (C=O) groups excluding carboxylic acids is 2. The molecule has 2 amide bonds.